The van der Waals surface area contributed by atoms with Crippen LogP contribution >= 0.6 is 0 Å². The smallest absolute Gasteiger partial charge is 0.153 e. The summed E-state index contributed by atoms with van der Waals surface area (Å²) in [5, 5.41) is 22.6. The van der Waals surface area contributed by atoms with E-state index in [2.05, 4.69) is 25.8 Å². The van der Waals surface area contributed by atoms with E-state index in [0.717, 1.165) is 11.4 Å². The van der Waals surface area contributed by atoms with Crippen molar-refractivity contribution in [1.82, 2.24) is 15.2 Å². The van der Waals surface area contributed by atoms with Gasteiger partial charge in [-0.2, -0.15) is 5.10 Å². The average Bonchev–Trinajstić information content (AvgIpc) is 3.00. The van der Waals surface area contributed by atoms with E-state index in [1.54, 1.807) is 12.1 Å². The fraction of sp³-hybridized carbons (Fsp3) is 0.222. The second-order valence-electron chi connectivity index (χ2n) is 5.78. The van der Waals surface area contributed by atoms with Gasteiger partial charge in [-0.25, -0.2) is 4.98 Å². The molecule has 0 aliphatic rings. The minimum Gasteiger partial charge on any atom is -0.457 e. The van der Waals surface area contributed by atoms with Gasteiger partial charge in [0.15, 0.2) is 5.82 Å². The first-order valence-electron chi connectivity index (χ1n) is 8.04. The molecule has 0 radical (unpaired) electrons. The van der Waals surface area contributed by atoms with E-state index in [1.807, 2.05) is 50.2 Å². The Bertz CT molecular complexity index is 819. The zero-order valence-electron chi connectivity index (χ0n) is 14.2. The Morgan fingerprint density at radius 3 is 2.52 bits per heavy atom. The van der Waals surface area contributed by atoms with Crippen LogP contribution in [0.5, 0.6) is 11.5 Å². The van der Waals surface area contributed by atoms with Crippen LogP contribution in [0.25, 0.3) is 0 Å². The average molecular weight is 339 g/mol. The second kappa shape index (κ2) is 7.67. The summed E-state index contributed by atoms with van der Waals surface area (Å²) >= 11 is 0. The number of aromatic amines is 1. The van der Waals surface area contributed by atoms with Gasteiger partial charge in [-0.05, 0) is 26.0 Å². The summed E-state index contributed by atoms with van der Waals surface area (Å²) in [7, 11) is 0. The van der Waals surface area contributed by atoms with Crippen LogP contribution in [0.3, 0.4) is 0 Å². The number of hydrogen-bond donors (Lipinski definition) is 4. The van der Waals surface area contributed by atoms with Crippen LogP contribution < -0.4 is 15.4 Å². The summed E-state index contributed by atoms with van der Waals surface area (Å²) in [6, 6.07) is 14.9. The van der Waals surface area contributed by atoms with E-state index < -0.39 is 0 Å². The molecule has 0 saturated heterocycles. The Balaban J connectivity index is 1.87. The number of aryl methyl sites for hydroxylation is 1. The molecule has 0 bridgehead atoms. The normalized spacial score (nSPS) is 11.8. The van der Waals surface area contributed by atoms with Crippen molar-refractivity contribution >= 4 is 17.5 Å². The number of para-hydroxylation sites is 1. The third kappa shape index (κ3) is 4.71. The lowest BCUT2D eigenvalue weighted by atomic mass is 10.3. The maximum Gasteiger partial charge on any atom is 0.153 e. The molecule has 2 aromatic heterocycles. The lowest BCUT2D eigenvalue weighted by molar-refractivity contribution is 0.281. The van der Waals surface area contributed by atoms with Crippen molar-refractivity contribution in [1.29, 1.82) is 0 Å². The van der Waals surface area contributed by atoms with Crippen LogP contribution in [0.2, 0.25) is 0 Å². The van der Waals surface area contributed by atoms with Crippen molar-refractivity contribution in [2.75, 3.05) is 17.2 Å². The molecule has 4 N–H and O–H groups in total. The number of aliphatic hydroxyl groups excluding tert-OH is 1. The molecular formula is C18H21N5O2. The van der Waals surface area contributed by atoms with Gasteiger partial charge in [0.1, 0.15) is 23.1 Å². The largest absolute Gasteiger partial charge is 0.457 e. The molecule has 25 heavy (non-hydrogen) atoms. The molecule has 1 aromatic carbocycles. The monoisotopic (exact) mass is 339 g/mol. The molecule has 0 spiro atoms. The van der Waals surface area contributed by atoms with Gasteiger partial charge < -0.3 is 20.5 Å². The minimum absolute atomic E-state index is 0.00672. The Kier molecular flexibility index (Phi) is 5.15. The quantitative estimate of drug-likeness (QED) is 0.527. The third-order valence-electron chi connectivity index (χ3n) is 3.41. The fourth-order valence-electron chi connectivity index (χ4n) is 2.24. The maximum atomic E-state index is 9.26. The van der Waals surface area contributed by atoms with Crippen molar-refractivity contribution in [3.63, 3.8) is 0 Å². The predicted molar refractivity (Wildman–Crippen MR) is 97.5 cm³/mol. The summed E-state index contributed by atoms with van der Waals surface area (Å²) < 4.78 is 5.91. The highest BCUT2D eigenvalue weighted by molar-refractivity contribution is 5.59. The highest BCUT2D eigenvalue weighted by Gasteiger charge is 2.09. The highest BCUT2D eigenvalue weighted by atomic mass is 16.5. The topological polar surface area (TPSA) is 95.1 Å². The van der Waals surface area contributed by atoms with Crippen molar-refractivity contribution in [2.24, 2.45) is 0 Å². The van der Waals surface area contributed by atoms with Gasteiger partial charge in [-0.3, -0.25) is 5.10 Å². The lowest BCUT2D eigenvalue weighted by Crippen LogP contribution is -2.20. The number of anilines is 3. The lowest BCUT2D eigenvalue weighted by Gasteiger charge is -2.15. The van der Waals surface area contributed by atoms with Gasteiger partial charge in [0.2, 0.25) is 0 Å². The molecule has 0 aliphatic carbocycles. The van der Waals surface area contributed by atoms with Crippen molar-refractivity contribution in [3.05, 3.63) is 54.2 Å². The Morgan fingerprint density at radius 1 is 1.08 bits per heavy atom. The van der Waals surface area contributed by atoms with E-state index in [9.17, 15) is 5.11 Å². The zero-order valence-corrected chi connectivity index (χ0v) is 14.2. The van der Waals surface area contributed by atoms with Gasteiger partial charge in [0.25, 0.3) is 0 Å². The molecule has 0 saturated carbocycles. The van der Waals surface area contributed by atoms with Gasteiger partial charge in [0, 0.05) is 29.9 Å². The van der Waals surface area contributed by atoms with Gasteiger partial charge in [-0.1, -0.05) is 18.2 Å². The molecule has 7 heteroatoms. The molecule has 0 fully saturated rings. The number of hydrogen-bond acceptors (Lipinski definition) is 6. The van der Waals surface area contributed by atoms with Crippen LogP contribution in [0, 0.1) is 6.92 Å². The van der Waals surface area contributed by atoms with Crippen LogP contribution in [0.15, 0.2) is 48.5 Å². The molecule has 0 amide bonds. The highest BCUT2D eigenvalue weighted by Crippen LogP contribution is 2.27. The van der Waals surface area contributed by atoms with E-state index in [0.29, 0.717) is 23.2 Å². The Hall–Kier alpha value is -3.06. The van der Waals surface area contributed by atoms with Gasteiger partial charge in [0.05, 0.1) is 6.61 Å². The molecular weight excluding hydrogens is 318 g/mol. The first-order valence-corrected chi connectivity index (χ1v) is 8.04. The number of ether oxygens (including phenoxy) is 1. The molecule has 7 nitrogen and oxygen atoms in total. The standard InChI is InChI=1S/C18H21N5O2/c1-12-8-18(23-22-12)21-17-10-15(25-14-6-4-3-5-7-14)9-16(20-17)19-13(2)11-24/h3-10,13,24H,11H2,1-2H3,(H3,19,20,21,22,23)/t13-/m0/s1. The summed E-state index contributed by atoms with van der Waals surface area (Å²) in [5.74, 6) is 3.22. The van der Waals surface area contributed by atoms with E-state index >= 15 is 0 Å². The van der Waals surface area contributed by atoms with Crippen LogP contribution in [-0.4, -0.2) is 32.9 Å². The molecule has 2 heterocycles. The zero-order chi connectivity index (χ0) is 17.6. The molecule has 130 valence electrons. The fourth-order valence-corrected chi connectivity index (χ4v) is 2.24. The van der Waals surface area contributed by atoms with Crippen molar-refractivity contribution < 1.29 is 9.84 Å². The first kappa shape index (κ1) is 16.8. The number of benzene rings is 1. The third-order valence-corrected chi connectivity index (χ3v) is 3.41. The Labute approximate surface area is 146 Å². The number of pyridine rings is 1. The van der Waals surface area contributed by atoms with E-state index in [-0.39, 0.29) is 12.6 Å². The summed E-state index contributed by atoms with van der Waals surface area (Å²) in [6.45, 7) is 3.81. The van der Waals surface area contributed by atoms with E-state index in [4.69, 9.17) is 4.74 Å². The predicted octanol–water partition coefficient (Wildman–Crippen LogP) is 3.44. The van der Waals surface area contributed by atoms with Crippen molar-refractivity contribution in [3.8, 4) is 11.5 Å². The SMILES string of the molecule is Cc1cc(Nc2cc(Oc3ccccc3)cc(N[C@@H](C)CO)n2)n[nH]1. The molecule has 0 unspecified atom stereocenters. The number of nitrogens with zero attached hydrogens (tertiary/aromatic N) is 2. The molecule has 3 aromatic rings. The van der Waals surface area contributed by atoms with Crippen LogP contribution in [0.1, 0.15) is 12.6 Å². The first-order chi connectivity index (χ1) is 12.1. The van der Waals surface area contributed by atoms with Gasteiger partial charge in [-0.15, -0.1) is 0 Å². The van der Waals surface area contributed by atoms with Crippen LogP contribution in [-0.2, 0) is 0 Å². The number of nitrogens with one attached hydrogen (secondary N) is 3. The molecule has 0 aliphatic heterocycles. The summed E-state index contributed by atoms with van der Waals surface area (Å²) in [5.41, 5.74) is 0.950. The minimum atomic E-state index is -0.125. The number of H-pyrrole nitrogens is 1. The summed E-state index contributed by atoms with van der Waals surface area (Å²) in [6.07, 6.45) is 0. The number of aromatic nitrogens is 3. The van der Waals surface area contributed by atoms with E-state index in [1.165, 1.54) is 0 Å². The molecule has 1 atom stereocenters. The number of aliphatic hydroxyl groups is 1. The second-order valence-corrected chi connectivity index (χ2v) is 5.78. The maximum absolute atomic E-state index is 9.26. The Morgan fingerprint density at radius 2 is 1.84 bits per heavy atom. The van der Waals surface area contributed by atoms with Gasteiger partial charge >= 0.3 is 0 Å². The van der Waals surface area contributed by atoms with Crippen LogP contribution in [0.4, 0.5) is 17.5 Å². The summed E-state index contributed by atoms with van der Waals surface area (Å²) in [4.78, 5) is 4.50. The number of rotatable bonds is 7. The molecule has 3 rings (SSSR count). The van der Waals surface area contributed by atoms with Crippen molar-refractivity contribution in [2.45, 2.75) is 19.9 Å².